The summed E-state index contributed by atoms with van der Waals surface area (Å²) in [4.78, 5) is 0. The van der Waals surface area contributed by atoms with Crippen molar-refractivity contribution in [3.05, 3.63) is 0 Å². The zero-order chi connectivity index (χ0) is 12.6. The maximum absolute atomic E-state index is 12.6. The smallest absolute Gasteiger partial charge is 0.205 e. The Morgan fingerprint density at radius 1 is 0.889 bits per heavy atom. The van der Waals surface area contributed by atoms with Gasteiger partial charge in [0.1, 0.15) is 0 Å². The van der Waals surface area contributed by atoms with Gasteiger partial charge in [-0.2, -0.15) is 9.53 Å². The molecule has 0 saturated heterocycles. The van der Waals surface area contributed by atoms with Crippen molar-refractivity contribution in [1.29, 1.82) is 0 Å². The standard InChI is InChI=1S/C12H21N3O2S/c16-18(17,10-6-2-1-3-7-10)15-12-9-5-4-8-11(12)13-14-15/h10-12H,1-9H2/t11-,12+/m1/s1. The largest absolute Gasteiger partial charge is 0.254 e. The molecule has 0 amide bonds. The lowest BCUT2D eigenvalue weighted by molar-refractivity contribution is 0.275. The Morgan fingerprint density at radius 3 is 2.33 bits per heavy atom. The fourth-order valence-electron chi connectivity index (χ4n) is 3.42. The normalized spacial score (nSPS) is 33.7. The van der Waals surface area contributed by atoms with Gasteiger partial charge in [-0.05, 0) is 25.7 Å². The summed E-state index contributed by atoms with van der Waals surface area (Å²) in [5.41, 5.74) is 0. The molecule has 0 bridgehead atoms. The molecule has 0 N–H and O–H groups in total. The van der Waals surface area contributed by atoms with Gasteiger partial charge in [-0.15, -0.1) is 0 Å². The van der Waals surface area contributed by atoms with E-state index in [4.69, 9.17) is 0 Å². The van der Waals surface area contributed by atoms with Crippen LogP contribution in [0.15, 0.2) is 10.3 Å². The summed E-state index contributed by atoms with van der Waals surface area (Å²) in [6, 6.07) is 0.141. The van der Waals surface area contributed by atoms with Gasteiger partial charge in [0.05, 0.1) is 17.3 Å². The van der Waals surface area contributed by atoms with Crippen molar-refractivity contribution < 1.29 is 8.42 Å². The molecule has 1 heterocycles. The Kier molecular flexibility index (Phi) is 3.30. The van der Waals surface area contributed by atoms with Crippen LogP contribution in [0.4, 0.5) is 0 Å². The van der Waals surface area contributed by atoms with E-state index >= 15 is 0 Å². The first-order valence-corrected chi connectivity index (χ1v) is 8.64. The number of rotatable bonds is 2. The first-order chi connectivity index (χ1) is 8.69. The molecule has 0 unspecified atom stereocenters. The third-order valence-electron chi connectivity index (χ3n) is 4.50. The number of nitrogens with zero attached hydrogens (tertiary/aromatic N) is 3. The summed E-state index contributed by atoms with van der Waals surface area (Å²) in [6.45, 7) is 0. The molecule has 0 radical (unpaired) electrons. The minimum Gasteiger partial charge on any atom is -0.205 e. The predicted octanol–water partition coefficient (Wildman–Crippen LogP) is 2.64. The molecule has 0 aromatic rings. The van der Waals surface area contributed by atoms with E-state index < -0.39 is 10.0 Å². The second-order valence-corrected chi connectivity index (χ2v) is 7.77. The maximum atomic E-state index is 12.6. The number of sulfonamides is 1. The molecule has 3 rings (SSSR count). The van der Waals surface area contributed by atoms with Gasteiger partial charge in [0.2, 0.25) is 0 Å². The van der Waals surface area contributed by atoms with E-state index in [1.54, 1.807) is 0 Å². The first kappa shape index (κ1) is 12.4. The van der Waals surface area contributed by atoms with Gasteiger partial charge in [0, 0.05) is 0 Å². The summed E-state index contributed by atoms with van der Waals surface area (Å²) in [5.74, 6) is 0. The van der Waals surface area contributed by atoms with Crippen molar-refractivity contribution in [2.24, 2.45) is 10.3 Å². The molecule has 2 fully saturated rings. The SMILES string of the molecule is O=S(=O)(C1CCCCC1)N1N=N[C@@H]2CCCC[C@@H]21. The third-order valence-corrected chi connectivity index (χ3v) is 6.68. The molecule has 0 aromatic heterocycles. The van der Waals surface area contributed by atoms with Gasteiger partial charge >= 0.3 is 0 Å². The van der Waals surface area contributed by atoms with E-state index in [9.17, 15) is 8.42 Å². The zero-order valence-electron chi connectivity index (χ0n) is 10.7. The van der Waals surface area contributed by atoms with Gasteiger partial charge in [-0.25, -0.2) is 8.42 Å². The number of hydrogen-bond donors (Lipinski definition) is 0. The lowest BCUT2D eigenvalue weighted by Crippen LogP contribution is -2.44. The highest BCUT2D eigenvalue weighted by atomic mass is 32.2. The van der Waals surface area contributed by atoms with Gasteiger partial charge in [0.25, 0.3) is 10.0 Å². The maximum Gasteiger partial charge on any atom is 0.254 e. The minimum absolute atomic E-state index is 0.0191. The Bertz CT molecular complexity index is 429. The number of hydrogen-bond acceptors (Lipinski definition) is 4. The first-order valence-electron chi connectivity index (χ1n) is 7.13. The van der Waals surface area contributed by atoms with E-state index in [-0.39, 0.29) is 17.3 Å². The van der Waals surface area contributed by atoms with Crippen LogP contribution < -0.4 is 0 Å². The molecule has 2 saturated carbocycles. The molecular formula is C12H21N3O2S. The van der Waals surface area contributed by atoms with Crippen molar-refractivity contribution >= 4 is 10.0 Å². The van der Waals surface area contributed by atoms with E-state index in [1.165, 1.54) is 10.8 Å². The van der Waals surface area contributed by atoms with Crippen LogP contribution in [0.2, 0.25) is 0 Å². The summed E-state index contributed by atoms with van der Waals surface area (Å²) in [7, 11) is -3.26. The van der Waals surface area contributed by atoms with Crippen LogP contribution in [0.3, 0.4) is 0 Å². The summed E-state index contributed by atoms with van der Waals surface area (Å²) in [6.07, 6.45) is 8.98. The monoisotopic (exact) mass is 271 g/mol. The molecule has 18 heavy (non-hydrogen) atoms. The molecule has 2 aliphatic carbocycles. The molecule has 0 spiro atoms. The Morgan fingerprint density at radius 2 is 1.56 bits per heavy atom. The van der Waals surface area contributed by atoms with Crippen molar-refractivity contribution in [3.63, 3.8) is 0 Å². The summed E-state index contributed by atoms with van der Waals surface area (Å²) >= 11 is 0. The van der Waals surface area contributed by atoms with Crippen LogP contribution >= 0.6 is 0 Å². The van der Waals surface area contributed by atoms with Crippen molar-refractivity contribution in [2.75, 3.05) is 0 Å². The van der Waals surface area contributed by atoms with Crippen molar-refractivity contribution in [1.82, 2.24) is 4.41 Å². The second-order valence-electron chi connectivity index (χ2n) is 5.70. The molecule has 2 atom stereocenters. The van der Waals surface area contributed by atoms with Gasteiger partial charge in [0.15, 0.2) is 0 Å². The van der Waals surface area contributed by atoms with E-state index in [0.29, 0.717) is 0 Å². The lowest BCUT2D eigenvalue weighted by Gasteiger charge is -2.32. The van der Waals surface area contributed by atoms with E-state index in [0.717, 1.165) is 51.4 Å². The quantitative estimate of drug-likeness (QED) is 0.775. The Balaban J connectivity index is 1.79. The van der Waals surface area contributed by atoms with Crippen LogP contribution in [0, 0.1) is 0 Å². The van der Waals surface area contributed by atoms with Gasteiger partial charge < -0.3 is 0 Å². The van der Waals surface area contributed by atoms with Crippen molar-refractivity contribution in [3.8, 4) is 0 Å². The van der Waals surface area contributed by atoms with E-state index in [2.05, 4.69) is 10.3 Å². The highest BCUT2D eigenvalue weighted by Gasteiger charge is 2.44. The fraction of sp³-hybridized carbons (Fsp3) is 1.00. The summed E-state index contributed by atoms with van der Waals surface area (Å²) < 4.78 is 26.6. The fourth-order valence-corrected chi connectivity index (χ4v) is 5.42. The lowest BCUT2D eigenvalue weighted by atomic mass is 9.92. The molecule has 1 aliphatic heterocycles. The van der Waals surface area contributed by atoms with Crippen LogP contribution in [0.25, 0.3) is 0 Å². The zero-order valence-corrected chi connectivity index (χ0v) is 11.5. The number of fused-ring (bicyclic) bond motifs is 1. The van der Waals surface area contributed by atoms with Crippen LogP contribution in [-0.4, -0.2) is 30.2 Å². The molecule has 0 aromatic carbocycles. The summed E-state index contributed by atoms with van der Waals surface area (Å²) in [5, 5.41) is 7.95. The van der Waals surface area contributed by atoms with Crippen molar-refractivity contribution in [2.45, 2.75) is 75.1 Å². The van der Waals surface area contributed by atoms with Crippen LogP contribution in [0.1, 0.15) is 57.8 Å². The molecule has 3 aliphatic rings. The Labute approximate surface area is 109 Å². The van der Waals surface area contributed by atoms with E-state index in [1.807, 2.05) is 0 Å². The molecule has 102 valence electrons. The third kappa shape index (κ3) is 2.04. The second kappa shape index (κ2) is 4.79. The predicted molar refractivity (Wildman–Crippen MR) is 68.5 cm³/mol. The highest BCUT2D eigenvalue weighted by Crippen LogP contribution is 2.36. The molecular weight excluding hydrogens is 250 g/mol. The molecule has 6 heteroatoms. The molecule has 5 nitrogen and oxygen atoms in total. The minimum atomic E-state index is -3.26. The average Bonchev–Trinajstić information content (AvgIpc) is 2.84. The highest BCUT2D eigenvalue weighted by molar-refractivity contribution is 7.89. The van der Waals surface area contributed by atoms with Gasteiger partial charge in [-0.1, -0.05) is 37.3 Å². The van der Waals surface area contributed by atoms with Crippen LogP contribution in [0.5, 0.6) is 0 Å². The topological polar surface area (TPSA) is 62.1 Å². The average molecular weight is 271 g/mol. The van der Waals surface area contributed by atoms with Crippen LogP contribution in [-0.2, 0) is 10.0 Å². The Hall–Kier alpha value is -0.650. The van der Waals surface area contributed by atoms with Gasteiger partial charge in [-0.3, -0.25) is 0 Å².